The molecule has 0 bridgehead atoms. The maximum absolute atomic E-state index is 11.9. The van der Waals surface area contributed by atoms with Gasteiger partial charge in [0, 0.05) is 0 Å². The fourth-order valence-electron chi connectivity index (χ4n) is 0.781. The van der Waals surface area contributed by atoms with Crippen molar-refractivity contribution < 1.29 is 13.2 Å². The van der Waals surface area contributed by atoms with E-state index in [4.69, 9.17) is 16.9 Å². The summed E-state index contributed by atoms with van der Waals surface area (Å²) in [5.74, 6) is -0.227. The van der Waals surface area contributed by atoms with Crippen LogP contribution in [0.25, 0.3) is 0 Å². The van der Waals surface area contributed by atoms with Crippen molar-refractivity contribution in [1.29, 1.82) is 5.26 Å². The zero-order valence-electron chi connectivity index (χ0n) is 7.14. The molecule has 1 rings (SSSR count). The first kappa shape index (κ1) is 11.5. The Bertz CT molecular complexity index is 398. The largest absolute Gasteiger partial charge is 0.405 e. The van der Waals surface area contributed by atoms with Gasteiger partial charge in [-0.2, -0.15) is 18.4 Å². The van der Waals surface area contributed by atoms with Crippen molar-refractivity contribution in [3.05, 3.63) is 17.0 Å². The fraction of sp³-hybridized carbons (Fsp3) is 0.286. The quantitative estimate of drug-likeness (QED) is 0.798. The van der Waals surface area contributed by atoms with E-state index in [-0.39, 0.29) is 16.5 Å². The minimum atomic E-state index is -4.38. The lowest BCUT2D eigenvalue weighted by atomic mass is 10.3. The van der Waals surface area contributed by atoms with E-state index in [0.717, 1.165) is 6.33 Å². The van der Waals surface area contributed by atoms with Crippen LogP contribution in [-0.2, 0) is 0 Å². The lowest BCUT2D eigenvalue weighted by Gasteiger charge is -2.09. The van der Waals surface area contributed by atoms with Crippen molar-refractivity contribution in [2.75, 3.05) is 11.9 Å². The number of aromatic nitrogens is 2. The summed E-state index contributed by atoms with van der Waals surface area (Å²) in [5.41, 5.74) is -0.205. The van der Waals surface area contributed by atoms with Crippen LogP contribution >= 0.6 is 11.6 Å². The summed E-state index contributed by atoms with van der Waals surface area (Å²) in [4.78, 5) is 6.95. The highest BCUT2D eigenvalue weighted by Gasteiger charge is 2.27. The molecular formula is C7H4ClF3N4. The topological polar surface area (TPSA) is 61.6 Å². The van der Waals surface area contributed by atoms with Gasteiger partial charge >= 0.3 is 6.18 Å². The summed E-state index contributed by atoms with van der Waals surface area (Å²) in [7, 11) is 0. The molecule has 0 unspecified atom stereocenters. The van der Waals surface area contributed by atoms with E-state index in [1.807, 2.05) is 5.32 Å². The SMILES string of the molecule is N#Cc1c(Cl)ncnc1NCC(F)(F)F. The van der Waals surface area contributed by atoms with Crippen LogP contribution in [0.4, 0.5) is 19.0 Å². The van der Waals surface area contributed by atoms with Crippen molar-refractivity contribution >= 4 is 17.4 Å². The van der Waals surface area contributed by atoms with Gasteiger partial charge in [-0.05, 0) is 0 Å². The van der Waals surface area contributed by atoms with Gasteiger partial charge in [-0.15, -0.1) is 0 Å². The number of nitriles is 1. The first-order valence-electron chi connectivity index (χ1n) is 3.65. The molecule has 1 heterocycles. The van der Waals surface area contributed by atoms with E-state index >= 15 is 0 Å². The lowest BCUT2D eigenvalue weighted by Crippen LogP contribution is -2.22. The minimum Gasteiger partial charge on any atom is -0.360 e. The number of nitrogens with one attached hydrogen (secondary N) is 1. The molecule has 0 saturated heterocycles. The molecule has 0 spiro atoms. The Labute approximate surface area is 87.7 Å². The molecule has 0 aliphatic rings. The Morgan fingerprint density at radius 3 is 2.67 bits per heavy atom. The molecular weight excluding hydrogens is 233 g/mol. The molecule has 8 heteroatoms. The number of hydrogen-bond acceptors (Lipinski definition) is 4. The molecule has 0 aliphatic heterocycles. The van der Waals surface area contributed by atoms with Crippen LogP contribution in [0.15, 0.2) is 6.33 Å². The number of rotatable bonds is 2. The summed E-state index contributed by atoms with van der Waals surface area (Å²) in [6.45, 7) is -1.28. The zero-order chi connectivity index (χ0) is 11.5. The number of anilines is 1. The summed E-state index contributed by atoms with van der Waals surface area (Å²) >= 11 is 5.48. The van der Waals surface area contributed by atoms with Crippen LogP contribution in [0.2, 0.25) is 5.15 Å². The van der Waals surface area contributed by atoms with E-state index in [1.165, 1.54) is 0 Å². The third-order valence-electron chi connectivity index (χ3n) is 1.37. The summed E-state index contributed by atoms with van der Waals surface area (Å²) in [5, 5.41) is 10.4. The molecule has 1 aromatic heterocycles. The Kier molecular flexibility index (Phi) is 3.31. The average molecular weight is 237 g/mol. The minimum absolute atomic E-state index is 0.183. The fourth-order valence-corrected chi connectivity index (χ4v) is 0.957. The van der Waals surface area contributed by atoms with Crippen LogP contribution in [0.1, 0.15) is 5.56 Å². The second-order valence-electron chi connectivity index (χ2n) is 2.47. The summed E-state index contributed by atoms with van der Waals surface area (Å²) in [6, 6.07) is 1.61. The normalized spacial score (nSPS) is 10.9. The van der Waals surface area contributed by atoms with Crippen molar-refractivity contribution in [2.45, 2.75) is 6.18 Å². The van der Waals surface area contributed by atoms with Gasteiger partial charge in [-0.25, -0.2) is 9.97 Å². The van der Waals surface area contributed by atoms with E-state index in [9.17, 15) is 13.2 Å². The first-order valence-corrected chi connectivity index (χ1v) is 4.03. The second-order valence-corrected chi connectivity index (χ2v) is 2.83. The maximum atomic E-state index is 11.9. The van der Waals surface area contributed by atoms with Gasteiger partial charge in [-0.1, -0.05) is 11.6 Å². The monoisotopic (exact) mass is 236 g/mol. The molecule has 0 fully saturated rings. The van der Waals surface area contributed by atoms with E-state index in [0.29, 0.717) is 0 Å². The predicted octanol–water partition coefficient (Wildman–Crippen LogP) is 1.98. The van der Waals surface area contributed by atoms with Crippen LogP contribution in [0.3, 0.4) is 0 Å². The smallest absolute Gasteiger partial charge is 0.360 e. The van der Waals surface area contributed by atoms with Gasteiger partial charge in [0.2, 0.25) is 0 Å². The highest BCUT2D eigenvalue weighted by atomic mass is 35.5. The highest BCUT2D eigenvalue weighted by molar-refractivity contribution is 6.30. The average Bonchev–Trinajstić information content (AvgIpc) is 2.13. The van der Waals surface area contributed by atoms with E-state index < -0.39 is 12.7 Å². The standard InChI is InChI=1S/C7H4ClF3N4/c8-5-4(1-12)6(15-3-14-5)13-2-7(9,10)11/h3H,2H2,(H,13,14,15). The summed E-state index contributed by atoms with van der Waals surface area (Å²) in [6.07, 6.45) is -3.41. The molecule has 0 amide bonds. The Hall–Kier alpha value is -1.55. The van der Waals surface area contributed by atoms with Gasteiger partial charge in [0.05, 0.1) is 0 Å². The Morgan fingerprint density at radius 2 is 2.13 bits per heavy atom. The Morgan fingerprint density at radius 1 is 1.47 bits per heavy atom. The van der Waals surface area contributed by atoms with Crippen LogP contribution < -0.4 is 5.32 Å². The van der Waals surface area contributed by atoms with Crippen molar-refractivity contribution in [2.24, 2.45) is 0 Å². The zero-order valence-corrected chi connectivity index (χ0v) is 7.89. The predicted molar refractivity (Wildman–Crippen MR) is 46.3 cm³/mol. The van der Waals surface area contributed by atoms with Gasteiger partial charge < -0.3 is 5.32 Å². The van der Waals surface area contributed by atoms with E-state index in [1.54, 1.807) is 6.07 Å². The highest BCUT2D eigenvalue weighted by Crippen LogP contribution is 2.20. The molecule has 0 saturated carbocycles. The van der Waals surface area contributed by atoms with Crippen LogP contribution in [0, 0.1) is 11.3 Å². The number of alkyl halides is 3. The number of nitrogens with zero attached hydrogens (tertiary/aromatic N) is 3. The van der Waals surface area contributed by atoms with Gasteiger partial charge in [0.15, 0.2) is 5.15 Å². The van der Waals surface area contributed by atoms with Gasteiger partial charge in [-0.3, -0.25) is 0 Å². The molecule has 0 aliphatic carbocycles. The van der Waals surface area contributed by atoms with Crippen molar-refractivity contribution in [3.63, 3.8) is 0 Å². The second kappa shape index (κ2) is 4.31. The number of halogens is 4. The molecule has 1 N–H and O–H groups in total. The van der Waals surface area contributed by atoms with E-state index in [2.05, 4.69) is 9.97 Å². The summed E-state index contributed by atoms with van der Waals surface area (Å²) < 4.78 is 35.6. The molecule has 0 radical (unpaired) electrons. The van der Waals surface area contributed by atoms with Gasteiger partial charge in [0.25, 0.3) is 0 Å². The third-order valence-corrected chi connectivity index (χ3v) is 1.66. The molecule has 0 atom stereocenters. The maximum Gasteiger partial charge on any atom is 0.405 e. The van der Waals surface area contributed by atoms with Gasteiger partial charge in [0.1, 0.15) is 30.3 Å². The van der Waals surface area contributed by atoms with Crippen LogP contribution in [-0.4, -0.2) is 22.7 Å². The molecule has 0 aromatic carbocycles. The lowest BCUT2D eigenvalue weighted by molar-refractivity contribution is -0.115. The van der Waals surface area contributed by atoms with Crippen molar-refractivity contribution in [3.8, 4) is 6.07 Å². The molecule has 80 valence electrons. The molecule has 1 aromatic rings. The first-order chi connectivity index (χ1) is 6.94. The Balaban J connectivity index is 2.87. The molecule has 15 heavy (non-hydrogen) atoms. The number of hydrogen-bond donors (Lipinski definition) is 1. The van der Waals surface area contributed by atoms with Crippen molar-refractivity contribution in [1.82, 2.24) is 9.97 Å². The molecule has 4 nitrogen and oxygen atoms in total. The van der Waals surface area contributed by atoms with Crippen LogP contribution in [0.5, 0.6) is 0 Å². The third kappa shape index (κ3) is 3.25.